The number of hydrogen-bond donors (Lipinski definition) is 0. The van der Waals surface area contributed by atoms with Gasteiger partial charge in [0.1, 0.15) is 6.10 Å². The van der Waals surface area contributed by atoms with Gasteiger partial charge in [0, 0.05) is 21.3 Å². The number of ether oxygens (including phenoxy) is 3. The van der Waals surface area contributed by atoms with Gasteiger partial charge < -0.3 is 14.2 Å². The first-order valence-electron chi connectivity index (χ1n) is 3.77. The third-order valence-corrected chi connectivity index (χ3v) is 3.51. The molecule has 11 heavy (non-hydrogen) atoms. The van der Waals surface area contributed by atoms with Crippen LogP contribution in [0.2, 0.25) is 0 Å². The first kappa shape index (κ1) is 11.1. The van der Waals surface area contributed by atoms with Crippen LogP contribution in [0.15, 0.2) is 0 Å². The third-order valence-electron chi connectivity index (χ3n) is 2.05. The molecule has 0 aromatic heterocycles. The van der Waals surface area contributed by atoms with Gasteiger partial charge in [0.15, 0.2) is 5.41 Å². The zero-order valence-electron chi connectivity index (χ0n) is 8.01. The van der Waals surface area contributed by atoms with Crippen molar-refractivity contribution in [2.45, 2.75) is 24.9 Å². The Morgan fingerprint density at radius 2 is 1.73 bits per heavy atom. The highest BCUT2D eigenvalue weighted by Gasteiger charge is 2.32. The summed E-state index contributed by atoms with van der Waals surface area (Å²) in [6, 6.07) is 0. The normalized spacial score (nSPS) is 15.3. The molecule has 4 heteroatoms. The summed E-state index contributed by atoms with van der Waals surface area (Å²) in [4.78, 5) is 0. The van der Waals surface area contributed by atoms with E-state index < -0.39 is 5.41 Å². The van der Waals surface area contributed by atoms with Crippen LogP contribution in [0.5, 0.6) is 0 Å². The van der Waals surface area contributed by atoms with E-state index in [2.05, 4.69) is 6.92 Å². The number of methoxy groups -OCH3 is 3. The lowest BCUT2D eigenvalue weighted by molar-refractivity contribution is -0.208. The molecule has 0 aromatic rings. The fourth-order valence-electron chi connectivity index (χ4n) is 1.10. The van der Waals surface area contributed by atoms with Gasteiger partial charge in [-0.15, -0.1) is 0 Å². The summed E-state index contributed by atoms with van der Waals surface area (Å²) in [5.74, 6) is 0. The van der Waals surface area contributed by atoms with E-state index in [1.165, 1.54) is 0 Å². The minimum absolute atomic E-state index is 0.0455. The summed E-state index contributed by atoms with van der Waals surface area (Å²) in [6.45, 7) is 2.05. The molecule has 0 fully saturated rings. The second-order valence-electron chi connectivity index (χ2n) is 2.56. The van der Waals surface area contributed by atoms with Crippen molar-refractivity contribution >= 4 is 10.2 Å². The van der Waals surface area contributed by atoms with Gasteiger partial charge in [-0.05, 0) is 6.42 Å². The molecule has 0 aliphatic carbocycles. The maximum atomic E-state index is 5.25. The summed E-state index contributed by atoms with van der Waals surface area (Å²) >= 11 is 0. The van der Waals surface area contributed by atoms with Gasteiger partial charge in [0.25, 0.3) is 0 Å². The predicted octanol–water partition coefficient (Wildman–Crippen LogP) is -0.277. The quantitative estimate of drug-likeness (QED) is 0.428. The van der Waals surface area contributed by atoms with Gasteiger partial charge in [-0.3, -0.25) is 0 Å². The first-order chi connectivity index (χ1) is 5.14. The van der Waals surface area contributed by atoms with Crippen LogP contribution in [-0.2, 0) is 14.2 Å². The fraction of sp³-hybridized carbons (Fsp3) is 1.00. The van der Waals surface area contributed by atoms with E-state index in [-0.39, 0.29) is 6.10 Å². The average molecular weight is 178 g/mol. The Morgan fingerprint density at radius 3 is 1.82 bits per heavy atom. The molecule has 0 saturated heterocycles. The fourth-order valence-corrected chi connectivity index (χ4v) is 1.74. The molecule has 3 nitrogen and oxygen atoms in total. The van der Waals surface area contributed by atoms with Gasteiger partial charge in [-0.25, -0.2) is 0 Å². The SMILES string of the molecule is CCC(OC)C([SiH3])(OC)OC. The van der Waals surface area contributed by atoms with Crippen LogP contribution < -0.4 is 0 Å². The topological polar surface area (TPSA) is 27.7 Å². The summed E-state index contributed by atoms with van der Waals surface area (Å²) in [5.41, 5.74) is -0.483. The standard InChI is InChI=1S/C7H18O3Si/c1-5-6(8-2)7(11,9-3)10-4/h6H,5H2,1-4,11H3. The molecule has 0 heterocycles. The van der Waals surface area contributed by atoms with Crippen LogP contribution in [0.25, 0.3) is 0 Å². The van der Waals surface area contributed by atoms with Crippen LogP contribution in [0.3, 0.4) is 0 Å². The van der Waals surface area contributed by atoms with Crippen LogP contribution in [0.4, 0.5) is 0 Å². The minimum Gasteiger partial charge on any atom is -0.376 e. The van der Waals surface area contributed by atoms with Crippen LogP contribution >= 0.6 is 0 Å². The lowest BCUT2D eigenvalue weighted by atomic mass is 10.2. The average Bonchev–Trinajstić information content (AvgIpc) is 2.06. The Kier molecular flexibility index (Phi) is 4.91. The third kappa shape index (κ3) is 2.55. The maximum absolute atomic E-state index is 5.25. The Labute approximate surface area is 71.4 Å². The van der Waals surface area contributed by atoms with Gasteiger partial charge in [0.05, 0.1) is 10.2 Å². The van der Waals surface area contributed by atoms with Crippen molar-refractivity contribution in [2.24, 2.45) is 0 Å². The minimum atomic E-state index is -0.483. The molecule has 0 amide bonds. The molecule has 0 aromatic carbocycles. The number of rotatable bonds is 5. The molecule has 0 saturated carbocycles. The van der Waals surface area contributed by atoms with E-state index in [4.69, 9.17) is 14.2 Å². The lowest BCUT2D eigenvalue weighted by Gasteiger charge is -2.33. The highest BCUT2D eigenvalue weighted by molar-refractivity contribution is 6.13. The molecule has 0 aliphatic heterocycles. The Morgan fingerprint density at radius 1 is 1.27 bits per heavy atom. The van der Waals surface area contributed by atoms with E-state index in [1.54, 1.807) is 21.3 Å². The number of hydrogen-bond acceptors (Lipinski definition) is 3. The summed E-state index contributed by atoms with van der Waals surface area (Å²) in [5, 5.41) is 0. The Hall–Kier alpha value is 0.0969. The van der Waals surface area contributed by atoms with Crippen LogP contribution in [0, 0.1) is 0 Å². The van der Waals surface area contributed by atoms with Crippen molar-refractivity contribution < 1.29 is 14.2 Å². The Balaban J connectivity index is 4.19. The molecule has 0 N–H and O–H groups in total. The van der Waals surface area contributed by atoms with E-state index in [1.807, 2.05) is 0 Å². The molecular formula is C7H18O3Si. The van der Waals surface area contributed by atoms with Crippen LogP contribution in [-0.4, -0.2) is 43.1 Å². The highest BCUT2D eigenvalue weighted by Crippen LogP contribution is 2.17. The van der Waals surface area contributed by atoms with Crippen molar-refractivity contribution in [3.8, 4) is 0 Å². The first-order valence-corrected chi connectivity index (χ1v) is 4.77. The molecule has 68 valence electrons. The van der Waals surface area contributed by atoms with Gasteiger partial charge in [-0.1, -0.05) is 6.92 Å². The van der Waals surface area contributed by atoms with E-state index >= 15 is 0 Å². The Bertz CT molecular complexity index is 99.9. The second kappa shape index (κ2) is 4.87. The van der Waals surface area contributed by atoms with E-state index in [0.717, 1.165) is 16.7 Å². The largest absolute Gasteiger partial charge is 0.376 e. The summed E-state index contributed by atoms with van der Waals surface area (Å²) < 4.78 is 15.7. The van der Waals surface area contributed by atoms with Crippen molar-refractivity contribution in [3.63, 3.8) is 0 Å². The predicted molar refractivity (Wildman–Crippen MR) is 47.8 cm³/mol. The van der Waals surface area contributed by atoms with Crippen molar-refractivity contribution in [3.05, 3.63) is 0 Å². The molecule has 0 rings (SSSR count). The summed E-state index contributed by atoms with van der Waals surface area (Å²) in [6.07, 6.45) is 0.950. The monoisotopic (exact) mass is 178 g/mol. The lowest BCUT2D eigenvalue weighted by Crippen LogP contribution is -2.47. The molecule has 0 bridgehead atoms. The van der Waals surface area contributed by atoms with Gasteiger partial charge in [-0.2, -0.15) is 0 Å². The molecule has 0 radical (unpaired) electrons. The molecule has 0 spiro atoms. The van der Waals surface area contributed by atoms with Crippen molar-refractivity contribution in [1.29, 1.82) is 0 Å². The zero-order valence-corrected chi connectivity index (χ0v) is 10.0. The summed E-state index contributed by atoms with van der Waals surface area (Å²) in [7, 11) is 5.78. The van der Waals surface area contributed by atoms with Gasteiger partial charge in [0.2, 0.25) is 0 Å². The molecular weight excluding hydrogens is 160 g/mol. The maximum Gasteiger partial charge on any atom is 0.165 e. The molecule has 1 atom stereocenters. The van der Waals surface area contributed by atoms with Gasteiger partial charge >= 0.3 is 0 Å². The molecule has 1 unspecified atom stereocenters. The highest BCUT2D eigenvalue weighted by atomic mass is 28.1. The van der Waals surface area contributed by atoms with E-state index in [0.29, 0.717) is 0 Å². The second-order valence-corrected chi connectivity index (χ2v) is 3.95. The smallest absolute Gasteiger partial charge is 0.165 e. The zero-order chi connectivity index (χ0) is 8.91. The van der Waals surface area contributed by atoms with Crippen LogP contribution in [0.1, 0.15) is 13.3 Å². The van der Waals surface area contributed by atoms with Crippen molar-refractivity contribution in [1.82, 2.24) is 0 Å². The van der Waals surface area contributed by atoms with Crippen molar-refractivity contribution in [2.75, 3.05) is 21.3 Å². The molecule has 0 aliphatic rings. The van der Waals surface area contributed by atoms with E-state index in [9.17, 15) is 0 Å².